The van der Waals surface area contributed by atoms with Crippen molar-refractivity contribution >= 4 is 28.4 Å². The molecule has 0 saturated carbocycles. The van der Waals surface area contributed by atoms with Crippen molar-refractivity contribution in [1.29, 1.82) is 16.2 Å². The number of allylic oxidation sites excluding steroid dienone is 1. The number of hydrogen-bond acceptors (Lipinski definition) is 3. The Kier molecular flexibility index (Phi) is 4.29. The predicted molar refractivity (Wildman–Crippen MR) is 47.4 cm³/mol. The first-order valence-corrected chi connectivity index (χ1v) is 3.54. The highest BCUT2D eigenvalue weighted by atomic mass is 35.5. The van der Waals surface area contributed by atoms with Crippen molar-refractivity contribution in [2.24, 2.45) is 0 Å². The summed E-state index contributed by atoms with van der Waals surface area (Å²) in [6, 6.07) is 0. The molecule has 8 heteroatoms. The van der Waals surface area contributed by atoms with E-state index in [9.17, 15) is 13.2 Å². The second kappa shape index (κ2) is 4.75. The Hall–Kier alpha value is -1.37. The van der Waals surface area contributed by atoms with Crippen molar-refractivity contribution in [2.45, 2.75) is 6.18 Å². The maximum atomic E-state index is 11.7. The number of amidine groups is 2. The van der Waals surface area contributed by atoms with E-state index in [0.717, 1.165) is 12.2 Å². The zero-order valence-corrected chi connectivity index (χ0v) is 7.42. The van der Waals surface area contributed by atoms with Crippen LogP contribution < -0.4 is 5.32 Å². The van der Waals surface area contributed by atoms with Crippen LogP contribution in [0.15, 0.2) is 12.2 Å². The minimum absolute atomic E-state index is 0.421. The SMILES string of the molecule is N=C(Cl)/C=C\C(=N)NC(=N)C(F)(F)F. The maximum Gasteiger partial charge on any atom is 0.448 e. The summed E-state index contributed by atoms with van der Waals surface area (Å²) in [5.41, 5.74) is 0. The third-order valence-electron chi connectivity index (χ3n) is 0.939. The molecule has 0 heterocycles. The molecule has 0 atom stereocenters. The minimum atomic E-state index is -4.81. The zero-order chi connectivity index (χ0) is 11.4. The van der Waals surface area contributed by atoms with Crippen molar-refractivity contribution in [1.82, 2.24) is 5.32 Å². The number of hydrogen-bond donors (Lipinski definition) is 4. The van der Waals surface area contributed by atoms with Gasteiger partial charge in [0.05, 0.1) is 0 Å². The molecule has 78 valence electrons. The van der Waals surface area contributed by atoms with Crippen LogP contribution in [0.4, 0.5) is 13.2 Å². The monoisotopic (exact) mass is 226 g/mol. The summed E-state index contributed by atoms with van der Waals surface area (Å²) in [6.45, 7) is 0. The molecule has 0 aliphatic heterocycles. The normalized spacial score (nSPS) is 11.4. The fourth-order valence-electron chi connectivity index (χ4n) is 0.404. The van der Waals surface area contributed by atoms with Crippen LogP contribution in [0.1, 0.15) is 0 Å². The first kappa shape index (κ1) is 12.6. The average molecular weight is 227 g/mol. The lowest BCUT2D eigenvalue weighted by atomic mass is 10.4. The van der Waals surface area contributed by atoms with Crippen LogP contribution in [0.3, 0.4) is 0 Å². The first-order valence-electron chi connectivity index (χ1n) is 3.17. The highest BCUT2D eigenvalue weighted by molar-refractivity contribution is 6.67. The summed E-state index contributed by atoms with van der Waals surface area (Å²) in [7, 11) is 0. The molecule has 4 N–H and O–H groups in total. The lowest BCUT2D eigenvalue weighted by Crippen LogP contribution is -2.38. The molecule has 14 heavy (non-hydrogen) atoms. The van der Waals surface area contributed by atoms with Gasteiger partial charge in [0.1, 0.15) is 11.0 Å². The van der Waals surface area contributed by atoms with Gasteiger partial charge in [-0.2, -0.15) is 13.2 Å². The van der Waals surface area contributed by atoms with Gasteiger partial charge < -0.3 is 5.32 Å². The van der Waals surface area contributed by atoms with Gasteiger partial charge in [-0.25, -0.2) is 0 Å². The molecular formula is C6H6ClF3N4. The lowest BCUT2D eigenvalue weighted by molar-refractivity contribution is -0.0616. The molecule has 0 aliphatic carbocycles. The second-order valence-electron chi connectivity index (χ2n) is 2.09. The number of halogens is 4. The van der Waals surface area contributed by atoms with Gasteiger partial charge in [0, 0.05) is 0 Å². The molecule has 0 aliphatic rings. The van der Waals surface area contributed by atoms with Crippen molar-refractivity contribution in [3.8, 4) is 0 Å². The van der Waals surface area contributed by atoms with Crippen molar-refractivity contribution in [3.05, 3.63) is 12.2 Å². The van der Waals surface area contributed by atoms with Gasteiger partial charge in [0.15, 0.2) is 0 Å². The van der Waals surface area contributed by atoms with Gasteiger partial charge in [0.2, 0.25) is 5.84 Å². The minimum Gasteiger partial charge on any atom is -0.322 e. The van der Waals surface area contributed by atoms with Gasteiger partial charge in [0.25, 0.3) is 0 Å². The van der Waals surface area contributed by atoms with Crippen LogP contribution in [0.2, 0.25) is 0 Å². The lowest BCUT2D eigenvalue weighted by Gasteiger charge is -2.08. The number of nitrogens with one attached hydrogen (secondary N) is 4. The Morgan fingerprint density at radius 1 is 1.14 bits per heavy atom. The third kappa shape index (κ3) is 5.31. The van der Waals surface area contributed by atoms with Crippen LogP contribution in [0.25, 0.3) is 0 Å². The summed E-state index contributed by atoms with van der Waals surface area (Å²) < 4.78 is 35.2. The van der Waals surface area contributed by atoms with Crippen LogP contribution in [-0.4, -0.2) is 23.0 Å². The maximum absolute atomic E-state index is 11.7. The molecule has 0 amide bonds. The van der Waals surface area contributed by atoms with Crippen molar-refractivity contribution in [2.75, 3.05) is 0 Å². The molecule has 0 saturated heterocycles. The zero-order valence-electron chi connectivity index (χ0n) is 6.67. The van der Waals surface area contributed by atoms with Crippen molar-refractivity contribution in [3.63, 3.8) is 0 Å². The third-order valence-corrected chi connectivity index (χ3v) is 1.07. The van der Waals surface area contributed by atoms with Gasteiger partial charge in [-0.1, -0.05) is 11.6 Å². The smallest absolute Gasteiger partial charge is 0.322 e. The average Bonchev–Trinajstić information content (AvgIpc) is 1.99. The van der Waals surface area contributed by atoms with E-state index < -0.39 is 23.0 Å². The van der Waals surface area contributed by atoms with Crippen molar-refractivity contribution < 1.29 is 13.2 Å². The number of alkyl halides is 3. The molecule has 0 aromatic carbocycles. The Balaban J connectivity index is 4.22. The van der Waals surface area contributed by atoms with E-state index in [4.69, 9.17) is 27.8 Å². The highest BCUT2D eigenvalue weighted by Crippen LogP contribution is 2.14. The molecule has 0 spiro atoms. The highest BCUT2D eigenvalue weighted by Gasteiger charge is 2.34. The van der Waals surface area contributed by atoms with Gasteiger partial charge in [-0.15, -0.1) is 0 Å². The predicted octanol–water partition coefficient (Wildman–Crippen LogP) is 1.87. The van der Waals surface area contributed by atoms with Crippen LogP contribution in [0.5, 0.6) is 0 Å². The van der Waals surface area contributed by atoms with E-state index >= 15 is 0 Å². The Morgan fingerprint density at radius 2 is 1.64 bits per heavy atom. The molecule has 0 bridgehead atoms. The Bertz CT molecular complexity index is 294. The largest absolute Gasteiger partial charge is 0.448 e. The molecule has 0 unspecified atom stereocenters. The van der Waals surface area contributed by atoms with Crippen LogP contribution in [-0.2, 0) is 0 Å². The first-order chi connectivity index (χ1) is 6.23. The van der Waals surface area contributed by atoms with E-state index in [1.807, 2.05) is 0 Å². The summed E-state index contributed by atoms with van der Waals surface area (Å²) >= 11 is 5.04. The summed E-state index contributed by atoms with van der Waals surface area (Å²) in [4.78, 5) is 0. The van der Waals surface area contributed by atoms with Crippen LogP contribution >= 0.6 is 11.6 Å². The Morgan fingerprint density at radius 3 is 2.00 bits per heavy atom. The molecule has 0 radical (unpaired) electrons. The fraction of sp³-hybridized carbons (Fsp3) is 0.167. The van der Waals surface area contributed by atoms with E-state index in [0.29, 0.717) is 0 Å². The van der Waals surface area contributed by atoms with Crippen LogP contribution in [0, 0.1) is 16.2 Å². The summed E-state index contributed by atoms with van der Waals surface area (Å²) in [5.74, 6) is -2.41. The fourth-order valence-corrected chi connectivity index (χ4v) is 0.467. The standard InChI is InChI=1S/C6H6ClF3N4/c7-3(11)1-2-4(12)14-5(13)6(8,9)10/h1-2,11H,(H3,12,13,14)/b2-1-,11-3?. The summed E-state index contributed by atoms with van der Waals surface area (Å²) in [6.07, 6.45) is -3.05. The summed E-state index contributed by atoms with van der Waals surface area (Å²) in [5, 5.41) is 21.1. The topological polar surface area (TPSA) is 83.6 Å². The van der Waals surface area contributed by atoms with Gasteiger partial charge in [-0.05, 0) is 12.2 Å². The molecule has 0 aromatic rings. The molecule has 0 aromatic heterocycles. The molecular weight excluding hydrogens is 221 g/mol. The van der Waals surface area contributed by atoms with E-state index in [-0.39, 0.29) is 0 Å². The number of rotatable bonds is 2. The van der Waals surface area contributed by atoms with Gasteiger partial charge >= 0.3 is 6.18 Å². The quantitative estimate of drug-likeness (QED) is 0.421. The molecule has 0 fully saturated rings. The van der Waals surface area contributed by atoms with E-state index in [2.05, 4.69) is 0 Å². The Labute approximate surface area is 82.3 Å². The van der Waals surface area contributed by atoms with E-state index in [1.54, 1.807) is 0 Å². The second-order valence-corrected chi connectivity index (χ2v) is 2.50. The molecule has 4 nitrogen and oxygen atoms in total. The van der Waals surface area contributed by atoms with E-state index in [1.165, 1.54) is 5.32 Å². The van der Waals surface area contributed by atoms with Gasteiger partial charge in [-0.3, -0.25) is 16.2 Å². The molecule has 0 rings (SSSR count).